The van der Waals surface area contributed by atoms with E-state index in [2.05, 4.69) is 45.4 Å². The Hall–Kier alpha value is -2.90. The van der Waals surface area contributed by atoms with Crippen molar-refractivity contribution < 1.29 is 14.3 Å². The van der Waals surface area contributed by atoms with Gasteiger partial charge in [0.05, 0.1) is 5.69 Å². The highest BCUT2D eigenvalue weighted by Gasteiger charge is 2.34. The van der Waals surface area contributed by atoms with Crippen LogP contribution in [0, 0.1) is 6.92 Å². The first-order chi connectivity index (χ1) is 16.5. The second-order valence-corrected chi connectivity index (χ2v) is 9.22. The normalized spacial score (nSPS) is 18.9. The van der Waals surface area contributed by atoms with E-state index in [0.717, 1.165) is 51.3 Å². The van der Waals surface area contributed by atoms with Crippen molar-refractivity contribution >= 4 is 17.5 Å². The van der Waals surface area contributed by atoms with Gasteiger partial charge in [0.15, 0.2) is 6.10 Å². The van der Waals surface area contributed by atoms with E-state index >= 15 is 0 Å². The number of fused-ring (bicyclic) bond motifs is 1. The summed E-state index contributed by atoms with van der Waals surface area (Å²) in [5.41, 5.74) is 3.07. The van der Waals surface area contributed by atoms with Crippen LogP contribution in [0.3, 0.4) is 0 Å². The fourth-order valence-corrected chi connectivity index (χ4v) is 4.60. The molecule has 0 unspecified atom stereocenters. The van der Waals surface area contributed by atoms with Crippen molar-refractivity contribution in [1.82, 2.24) is 15.1 Å². The Morgan fingerprint density at radius 3 is 2.53 bits per heavy atom. The zero-order valence-corrected chi connectivity index (χ0v) is 20.3. The number of aryl methyl sites for hydroxylation is 1. The molecule has 2 aromatic carbocycles. The Labute approximate surface area is 202 Å². The molecule has 0 bridgehead atoms. The van der Waals surface area contributed by atoms with E-state index in [9.17, 15) is 9.59 Å². The second kappa shape index (κ2) is 11.5. The quantitative estimate of drug-likeness (QED) is 0.578. The Morgan fingerprint density at radius 2 is 1.79 bits per heavy atom. The van der Waals surface area contributed by atoms with Crippen LogP contribution in [0.2, 0.25) is 0 Å². The van der Waals surface area contributed by atoms with Crippen LogP contribution in [0.1, 0.15) is 30.9 Å². The van der Waals surface area contributed by atoms with Gasteiger partial charge in [-0.3, -0.25) is 19.4 Å². The molecule has 2 aliphatic rings. The van der Waals surface area contributed by atoms with Crippen molar-refractivity contribution in [3.8, 4) is 5.75 Å². The highest BCUT2D eigenvalue weighted by molar-refractivity contribution is 6.03. The molecule has 1 N–H and O–H groups in total. The van der Waals surface area contributed by atoms with Gasteiger partial charge in [-0.05, 0) is 49.6 Å². The van der Waals surface area contributed by atoms with Gasteiger partial charge in [-0.2, -0.15) is 0 Å². The number of hydrogen-bond donors (Lipinski definition) is 1. The van der Waals surface area contributed by atoms with Crippen LogP contribution < -0.4 is 15.0 Å². The third kappa shape index (κ3) is 6.15. The molecule has 0 saturated carbocycles. The molecule has 0 spiro atoms. The molecule has 1 fully saturated rings. The largest absolute Gasteiger partial charge is 0.478 e. The molecule has 182 valence electrons. The highest BCUT2D eigenvalue weighted by atomic mass is 16.5. The lowest BCUT2D eigenvalue weighted by molar-refractivity contribution is -0.129. The van der Waals surface area contributed by atoms with Crippen LogP contribution in [-0.4, -0.2) is 73.5 Å². The maximum Gasteiger partial charge on any atom is 0.268 e. The van der Waals surface area contributed by atoms with Gasteiger partial charge in [0, 0.05) is 39.3 Å². The summed E-state index contributed by atoms with van der Waals surface area (Å²) in [5, 5.41) is 3.00. The lowest BCUT2D eigenvalue weighted by atomic mass is 10.1. The SMILES string of the molecule is CC[C@@H]1Oc2ccc(C)cc2N(CC(=O)NCCCN2CCN(Cc3ccccc3)CC2)C1=O. The molecular formula is C27H36N4O3. The summed E-state index contributed by atoms with van der Waals surface area (Å²) in [4.78, 5) is 32.0. The van der Waals surface area contributed by atoms with E-state index in [4.69, 9.17) is 4.74 Å². The summed E-state index contributed by atoms with van der Waals surface area (Å²) in [6.07, 6.45) is 0.932. The molecular weight excluding hydrogens is 428 g/mol. The average molecular weight is 465 g/mol. The molecule has 7 nitrogen and oxygen atoms in total. The molecule has 0 aromatic heterocycles. The van der Waals surface area contributed by atoms with Gasteiger partial charge in [0.2, 0.25) is 5.91 Å². The van der Waals surface area contributed by atoms with Crippen molar-refractivity contribution in [2.75, 3.05) is 50.7 Å². The molecule has 0 radical (unpaired) electrons. The summed E-state index contributed by atoms with van der Waals surface area (Å²) < 4.78 is 5.83. The molecule has 2 aromatic rings. The third-order valence-corrected chi connectivity index (χ3v) is 6.58. The number of rotatable bonds is 9. The van der Waals surface area contributed by atoms with Crippen LogP contribution in [0.4, 0.5) is 5.69 Å². The van der Waals surface area contributed by atoms with Crippen LogP contribution >= 0.6 is 0 Å². The standard InChI is InChI=1S/C27H36N4O3/c1-3-24-27(33)31(23-18-21(2)10-11-25(23)34-24)20-26(32)28-12-7-13-29-14-16-30(17-15-29)19-22-8-5-4-6-9-22/h4-6,8-11,18,24H,3,7,12-17,19-20H2,1-2H3,(H,28,32)/t24-/m0/s1. The number of piperazine rings is 1. The number of amides is 2. The van der Waals surface area contributed by atoms with Crippen LogP contribution in [-0.2, 0) is 16.1 Å². The molecule has 34 heavy (non-hydrogen) atoms. The maximum absolute atomic E-state index is 12.9. The van der Waals surface area contributed by atoms with Crippen molar-refractivity contribution in [3.63, 3.8) is 0 Å². The van der Waals surface area contributed by atoms with Gasteiger partial charge < -0.3 is 15.0 Å². The van der Waals surface area contributed by atoms with Gasteiger partial charge in [0.1, 0.15) is 12.3 Å². The number of carbonyl (C=O) groups excluding carboxylic acids is 2. The molecule has 2 aliphatic heterocycles. The predicted molar refractivity (Wildman–Crippen MR) is 134 cm³/mol. The molecule has 1 atom stereocenters. The summed E-state index contributed by atoms with van der Waals surface area (Å²) in [6, 6.07) is 16.4. The van der Waals surface area contributed by atoms with E-state index in [1.807, 2.05) is 32.0 Å². The topological polar surface area (TPSA) is 65.1 Å². The van der Waals surface area contributed by atoms with Crippen molar-refractivity contribution in [2.45, 2.75) is 39.3 Å². The number of ether oxygens (including phenoxy) is 1. The minimum absolute atomic E-state index is 0.0211. The summed E-state index contributed by atoms with van der Waals surface area (Å²) in [5.74, 6) is 0.380. The number of hydrogen-bond acceptors (Lipinski definition) is 5. The van der Waals surface area contributed by atoms with E-state index in [1.54, 1.807) is 4.90 Å². The minimum atomic E-state index is -0.538. The van der Waals surface area contributed by atoms with Crippen molar-refractivity contribution in [1.29, 1.82) is 0 Å². The molecule has 0 aliphatic carbocycles. The van der Waals surface area contributed by atoms with Gasteiger partial charge >= 0.3 is 0 Å². The van der Waals surface area contributed by atoms with Gasteiger partial charge in [0.25, 0.3) is 5.91 Å². The van der Waals surface area contributed by atoms with Crippen molar-refractivity contribution in [3.05, 3.63) is 59.7 Å². The molecule has 4 rings (SSSR count). The number of nitrogens with zero attached hydrogens (tertiary/aromatic N) is 3. The monoisotopic (exact) mass is 464 g/mol. The first kappa shape index (κ1) is 24.2. The summed E-state index contributed by atoms with van der Waals surface area (Å²) >= 11 is 0. The van der Waals surface area contributed by atoms with Gasteiger partial charge in [-0.1, -0.05) is 43.3 Å². The molecule has 7 heteroatoms. The summed E-state index contributed by atoms with van der Waals surface area (Å²) in [7, 11) is 0. The highest BCUT2D eigenvalue weighted by Crippen LogP contribution is 2.35. The lowest BCUT2D eigenvalue weighted by Gasteiger charge is -2.35. The van der Waals surface area contributed by atoms with E-state index in [0.29, 0.717) is 24.4 Å². The lowest BCUT2D eigenvalue weighted by Crippen LogP contribution is -2.50. The number of nitrogens with one attached hydrogen (secondary N) is 1. The van der Waals surface area contributed by atoms with Crippen LogP contribution in [0.15, 0.2) is 48.5 Å². The maximum atomic E-state index is 12.9. The van der Waals surface area contributed by atoms with E-state index in [1.165, 1.54) is 5.56 Å². The second-order valence-electron chi connectivity index (χ2n) is 9.22. The molecule has 2 amide bonds. The zero-order valence-electron chi connectivity index (χ0n) is 20.3. The zero-order chi connectivity index (χ0) is 23.9. The Morgan fingerprint density at radius 1 is 1.06 bits per heavy atom. The van der Waals surface area contributed by atoms with Crippen LogP contribution in [0.5, 0.6) is 5.75 Å². The number of anilines is 1. The Balaban J connectivity index is 1.19. The Kier molecular flexibility index (Phi) is 8.19. The van der Waals surface area contributed by atoms with Gasteiger partial charge in [-0.15, -0.1) is 0 Å². The minimum Gasteiger partial charge on any atom is -0.478 e. The number of benzene rings is 2. The van der Waals surface area contributed by atoms with E-state index < -0.39 is 6.10 Å². The fraction of sp³-hybridized carbons (Fsp3) is 0.481. The van der Waals surface area contributed by atoms with Crippen LogP contribution in [0.25, 0.3) is 0 Å². The smallest absolute Gasteiger partial charge is 0.268 e. The molecule has 1 saturated heterocycles. The Bertz CT molecular complexity index is 973. The predicted octanol–water partition coefficient (Wildman–Crippen LogP) is 2.82. The fourth-order valence-electron chi connectivity index (χ4n) is 4.60. The first-order valence-electron chi connectivity index (χ1n) is 12.4. The average Bonchev–Trinajstić information content (AvgIpc) is 2.85. The van der Waals surface area contributed by atoms with Gasteiger partial charge in [-0.25, -0.2) is 0 Å². The summed E-state index contributed by atoms with van der Waals surface area (Å²) in [6.45, 7) is 10.7. The third-order valence-electron chi connectivity index (χ3n) is 6.58. The van der Waals surface area contributed by atoms with Crippen molar-refractivity contribution in [2.24, 2.45) is 0 Å². The van der Waals surface area contributed by atoms with E-state index in [-0.39, 0.29) is 18.4 Å². The molecule has 2 heterocycles. The number of carbonyl (C=O) groups is 2. The first-order valence-corrected chi connectivity index (χ1v) is 12.4.